The van der Waals surface area contributed by atoms with E-state index in [9.17, 15) is 0 Å². The summed E-state index contributed by atoms with van der Waals surface area (Å²) in [5, 5.41) is 4.42. The molecule has 1 N–H and O–H groups in total. The van der Waals surface area contributed by atoms with E-state index in [1.165, 1.54) is 5.56 Å². The fourth-order valence-electron chi connectivity index (χ4n) is 1.62. The van der Waals surface area contributed by atoms with Crippen LogP contribution in [0.25, 0.3) is 0 Å². The van der Waals surface area contributed by atoms with Gasteiger partial charge in [0.1, 0.15) is 0 Å². The summed E-state index contributed by atoms with van der Waals surface area (Å²) >= 11 is 5.31. The topological polar surface area (TPSA) is 24.4 Å². The average Bonchev–Trinajstić information content (AvgIpc) is 2.64. The number of aliphatic imine (C=N–C) groups is 1. The lowest BCUT2D eigenvalue weighted by Crippen LogP contribution is -2.05. The molecule has 1 aliphatic heterocycles. The summed E-state index contributed by atoms with van der Waals surface area (Å²) in [5.41, 5.74) is 2.35. The maximum Gasteiger partial charge on any atom is 0.161 e. The lowest BCUT2D eigenvalue weighted by molar-refractivity contribution is 0.738. The normalized spacial score (nSPS) is 19.7. The van der Waals surface area contributed by atoms with Gasteiger partial charge < -0.3 is 5.32 Å². The summed E-state index contributed by atoms with van der Waals surface area (Å²) in [7, 11) is 0. The number of hydrogen-bond acceptors (Lipinski definition) is 3. The smallest absolute Gasteiger partial charge is 0.161 e. The predicted molar refractivity (Wildman–Crippen MR) is 76.5 cm³/mol. The van der Waals surface area contributed by atoms with Crippen molar-refractivity contribution in [2.75, 3.05) is 11.1 Å². The zero-order valence-corrected chi connectivity index (χ0v) is 11.9. The number of amidine groups is 1. The SMILES string of the molecule is CCC1CSC(Nc2cc(C)cc(Br)c2)=N1. The van der Waals surface area contributed by atoms with Gasteiger partial charge in [-0.1, -0.05) is 34.6 Å². The van der Waals surface area contributed by atoms with Crippen LogP contribution in [0, 0.1) is 6.92 Å². The highest BCUT2D eigenvalue weighted by molar-refractivity contribution is 9.10. The molecule has 1 aromatic rings. The molecule has 0 aromatic heterocycles. The molecule has 0 saturated heterocycles. The molecule has 1 aliphatic rings. The Hall–Kier alpha value is -0.480. The highest BCUT2D eigenvalue weighted by atomic mass is 79.9. The van der Waals surface area contributed by atoms with E-state index < -0.39 is 0 Å². The van der Waals surface area contributed by atoms with Crippen LogP contribution in [-0.2, 0) is 0 Å². The molecule has 1 aromatic carbocycles. The standard InChI is InChI=1S/C12H15BrN2S/c1-3-10-7-16-12(14-10)15-11-5-8(2)4-9(13)6-11/h4-6,10H,3,7H2,1-2H3,(H,14,15). The number of halogens is 1. The van der Waals surface area contributed by atoms with Gasteiger partial charge in [0, 0.05) is 15.9 Å². The summed E-state index contributed by atoms with van der Waals surface area (Å²) in [6.45, 7) is 4.27. The van der Waals surface area contributed by atoms with Gasteiger partial charge in [-0.3, -0.25) is 4.99 Å². The third-order valence-corrected chi connectivity index (χ3v) is 3.97. The third kappa shape index (κ3) is 3.01. The molecule has 1 unspecified atom stereocenters. The molecule has 2 nitrogen and oxygen atoms in total. The van der Waals surface area contributed by atoms with Gasteiger partial charge in [-0.2, -0.15) is 0 Å². The highest BCUT2D eigenvalue weighted by Crippen LogP contribution is 2.24. The van der Waals surface area contributed by atoms with Gasteiger partial charge in [0.25, 0.3) is 0 Å². The largest absolute Gasteiger partial charge is 0.335 e. The predicted octanol–water partition coefficient (Wildman–Crippen LogP) is 4.05. The zero-order chi connectivity index (χ0) is 11.5. The molecular formula is C12H15BrN2S. The first-order chi connectivity index (χ1) is 7.67. The monoisotopic (exact) mass is 298 g/mol. The fourth-order valence-corrected chi connectivity index (χ4v) is 3.31. The number of thioether (sulfide) groups is 1. The van der Waals surface area contributed by atoms with Crippen molar-refractivity contribution in [3.63, 3.8) is 0 Å². The van der Waals surface area contributed by atoms with Crippen LogP contribution in [0.15, 0.2) is 27.7 Å². The summed E-state index contributed by atoms with van der Waals surface area (Å²) in [6, 6.07) is 6.80. The molecule has 0 spiro atoms. The maximum absolute atomic E-state index is 4.61. The summed E-state index contributed by atoms with van der Waals surface area (Å²) in [6.07, 6.45) is 1.12. The van der Waals surface area contributed by atoms with Crippen molar-refractivity contribution in [2.45, 2.75) is 26.3 Å². The number of hydrogen-bond donors (Lipinski definition) is 1. The van der Waals surface area contributed by atoms with Crippen LogP contribution in [0.5, 0.6) is 0 Å². The lowest BCUT2D eigenvalue weighted by Gasteiger charge is -2.06. The van der Waals surface area contributed by atoms with E-state index >= 15 is 0 Å². The number of aryl methyl sites for hydroxylation is 1. The van der Waals surface area contributed by atoms with E-state index in [-0.39, 0.29) is 0 Å². The Morgan fingerprint density at radius 1 is 1.50 bits per heavy atom. The molecular weight excluding hydrogens is 284 g/mol. The van der Waals surface area contributed by atoms with Crippen LogP contribution in [0.2, 0.25) is 0 Å². The van der Waals surface area contributed by atoms with Gasteiger partial charge in [0.2, 0.25) is 0 Å². The van der Waals surface area contributed by atoms with Gasteiger partial charge in [-0.25, -0.2) is 0 Å². The molecule has 86 valence electrons. The number of anilines is 1. The minimum absolute atomic E-state index is 0.487. The molecule has 0 saturated carbocycles. The summed E-state index contributed by atoms with van der Waals surface area (Å²) in [5.74, 6) is 1.10. The molecule has 0 aliphatic carbocycles. The van der Waals surface area contributed by atoms with E-state index in [2.05, 4.69) is 58.3 Å². The lowest BCUT2D eigenvalue weighted by atomic mass is 10.2. The molecule has 1 heterocycles. The van der Waals surface area contributed by atoms with E-state index in [0.717, 1.165) is 27.5 Å². The maximum atomic E-state index is 4.61. The second-order valence-corrected chi connectivity index (χ2v) is 5.87. The van der Waals surface area contributed by atoms with Gasteiger partial charge in [0.05, 0.1) is 6.04 Å². The van der Waals surface area contributed by atoms with Crippen molar-refractivity contribution in [3.8, 4) is 0 Å². The van der Waals surface area contributed by atoms with Gasteiger partial charge in [0.15, 0.2) is 5.17 Å². The number of nitrogens with zero attached hydrogens (tertiary/aromatic N) is 1. The Balaban J connectivity index is 2.09. The summed E-state index contributed by atoms with van der Waals surface area (Å²) < 4.78 is 1.10. The molecule has 1 atom stereocenters. The zero-order valence-electron chi connectivity index (χ0n) is 9.46. The van der Waals surface area contributed by atoms with E-state index in [1.807, 2.05) is 0 Å². The second kappa shape index (κ2) is 5.23. The van der Waals surface area contributed by atoms with Crippen molar-refractivity contribution in [1.29, 1.82) is 0 Å². The first-order valence-electron chi connectivity index (χ1n) is 5.42. The van der Waals surface area contributed by atoms with E-state index in [4.69, 9.17) is 0 Å². The number of nitrogens with one attached hydrogen (secondary N) is 1. The third-order valence-electron chi connectivity index (χ3n) is 2.48. The Kier molecular flexibility index (Phi) is 3.92. The van der Waals surface area contributed by atoms with Crippen molar-refractivity contribution >= 4 is 38.5 Å². The van der Waals surface area contributed by atoms with Gasteiger partial charge in [-0.15, -0.1) is 0 Å². The van der Waals surface area contributed by atoms with E-state index in [1.54, 1.807) is 11.8 Å². The number of rotatable bonds is 2. The van der Waals surface area contributed by atoms with Crippen LogP contribution in [0.1, 0.15) is 18.9 Å². The molecule has 16 heavy (non-hydrogen) atoms. The van der Waals surface area contributed by atoms with Gasteiger partial charge >= 0.3 is 0 Å². The van der Waals surface area contributed by atoms with Crippen LogP contribution in [0.4, 0.5) is 5.69 Å². The molecule has 0 bridgehead atoms. The van der Waals surface area contributed by atoms with Crippen LogP contribution < -0.4 is 5.32 Å². The Morgan fingerprint density at radius 3 is 2.94 bits per heavy atom. The summed E-state index contributed by atoms with van der Waals surface area (Å²) in [4.78, 5) is 4.61. The fraction of sp³-hybridized carbons (Fsp3) is 0.417. The second-order valence-electron chi connectivity index (χ2n) is 3.95. The van der Waals surface area contributed by atoms with Crippen LogP contribution in [0.3, 0.4) is 0 Å². The quantitative estimate of drug-likeness (QED) is 0.891. The van der Waals surface area contributed by atoms with Crippen molar-refractivity contribution in [2.24, 2.45) is 4.99 Å². The minimum atomic E-state index is 0.487. The highest BCUT2D eigenvalue weighted by Gasteiger charge is 2.16. The first-order valence-corrected chi connectivity index (χ1v) is 7.20. The molecule has 4 heteroatoms. The molecule has 0 fully saturated rings. The van der Waals surface area contributed by atoms with E-state index in [0.29, 0.717) is 6.04 Å². The van der Waals surface area contributed by atoms with Crippen molar-refractivity contribution in [1.82, 2.24) is 0 Å². The molecule has 0 amide bonds. The average molecular weight is 299 g/mol. The Labute approximate surface area is 109 Å². The van der Waals surface area contributed by atoms with Crippen molar-refractivity contribution in [3.05, 3.63) is 28.2 Å². The molecule has 0 radical (unpaired) electrons. The van der Waals surface area contributed by atoms with Crippen molar-refractivity contribution < 1.29 is 0 Å². The Morgan fingerprint density at radius 2 is 2.31 bits per heavy atom. The van der Waals surface area contributed by atoms with Gasteiger partial charge in [-0.05, 0) is 37.1 Å². The number of benzene rings is 1. The minimum Gasteiger partial charge on any atom is -0.335 e. The van der Waals surface area contributed by atoms with Crippen LogP contribution in [-0.4, -0.2) is 17.0 Å². The Bertz CT molecular complexity index is 397. The van der Waals surface area contributed by atoms with Crippen LogP contribution >= 0.6 is 27.7 Å². The first kappa shape index (κ1) is 12.0. The molecule has 2 rings (SSSR count).